The minimum atomic E-state index is -0.824. The van der Waals surface area contributed by atoms with Crippen molar-refractivity contribution in [2.24, 2.45) is 11.8 Å². The molecule has 0 bridgehead atoms. The van der Waals surface area contributed by atoms with Crippen LogP contribution in [-0.4, -0.2) is 22.6 Å². The number of carboxylic acids is 1. The van der Waals surface area contributed by atoms with Crippen LogP contribution in [0.4, 0.5) is 5.13 Å². The zero-order chi connectivity index (χ0) is 21.7. The molecule has 2 N–H and O–H groups in total. The number of nitrogens with zero attached hydrogens (tertiary/aromatic N) is 1. The van der Waals surface area contributed by atoms with Gasteiger partial charge in [0, 0.05) is 17.0 Å². The molecule has 0 aliphatic carbocycles. The zero-order valence-electron chi connectivity index (χ0n) is 16.9. The number of benzene rings is 2. The highest BCUT2D eigenvalue weighted by Crippen LogP contribution is 2.35. The maximum Gasteiger partial charge on any atom is 0.308 e. The first kappa shape index (κ1) is 22.6. The van der Waals surface area contributed by atoms with Crippen LogP contribution in [0.1, 0.15) is 24.3 Å². The monoisotopic (exact) mass is 462 g/mol. The van der Waals surface area contributed by atoms with Crippen LogP contribution in [0.2, 0.25) is 10.0 Å². The van der Waals surface area contributed by atoms with E-state index in [0.29, 0.717) is 34.1 Å². The van der Waals surface area contributed by atoms with Crippen molar-refractivity contribution in [2.45, 2.75) is 26.7 Å². The molecule has 3 rings (SSSR count). The number of anilines is 1. The number of aromatic nitrogens is 1. The number of aliphatic carboxylic acids is 1. The molecular weight excluding hydrogens is 439 g/mol. The van der Waals surface area contributed by atoms with Gasteiger partial charge in [-0.3, -0.25) is 4.79 Å². The first-order chi connectivity index (χ1) is 14.3. The van der Waals surface area contributed by atoms with Crippen molar-refractivity contribution in [3.63, 3.8) is 0 Å². The standard InChI is InChI=1S/C23H24Cl2N2O2S/c1-14(2)10-20-21(16-8-9-18(24)19(25)12-16)27-23(30-20)26-13-17(22(28)29)11-15-6-4-3-5-7-15/h3-9,12,14,17H,10-11,13H2,1-2H3,(H,26,27)(H,28,29). The normalized spacial score (nSPS) is 12.2. The molecule has 1 unspecified atom stereocenters. The molecule has 0 spiro atoms. The van der Waals surface area contributed by atoms with Crippen LogP contribution in [-0.2, 0) is 17.6 Å². The number of hydrogen-bond donors (Lipinski definition) is 2. The lowest BCUT2D eigenvalue weighted by Crippen LogP contribution is -2.25. The van der Waals surface area contributed by atoms with Crippen LogP contribution in [0.5, 0.6) is 0 Å². The van der Waals surface area contributed by atoms with Gasteiger partial charge in [-0.1, -0.05) is 73.4 Å². The number of carbonyl (C=O) groups is 1. The number of hydrogen-bond acceptors (Lipinski definition) is 4. The molecule has 0 aliphatic rings. The van der Waals surface area contributed by atoms with Crippen LogP contribution in [0, 0.1) is 11.8 Å². The molecule has 7 heteroatoms. The number of thiazole rings is 1. The van der Waals surface area contributed by atoms with Gasteiger partial charge in [0.1, 0.15) is 0 Å². The molecule has 2 aromatic carbocycles. The number of halogens is 2. The van der Waals surface area contributed by atoms with Gasteiger partial charge < -0.3 is 10.4 Å². The van der Waals surface area contributed by atoms with Crippen LogP contribution in [0.15, 0.2) is 48.5 Å². The molecule has 0 amide bonds. The number of carboxylic acid groups (broad SMARTS) is 1. The topological polar surface area (TPSA) is 62.2 Å². The quantitative estimate of drug-likeness (QED) is 0.372. The van der Waals surface area contributed by atoms with E-state index < -0.39 is 11.9 Å². The van der Waals surface area contributed by atoms with Crippen molar-refractivity contribution in [3.8, 4) is 11.3 Å². The molecule has 0 saturated heterocycles. The summed E-state index contributed by atoms with van der Waals surface area (Å²) in [5.74, 6) is -0.905. The Hall–Kier alpha value is -2.08. The summed E-state index contributed by atoms with van der Waals surface area (Å²) < 4.78 is 0. The van der Waals surface area contributed by atoms with E-state index in [-0.39, 0.29) is 0 Å². The van der Waals surface area contributed by atoms with Gasteiger partial charge in [0.25, 0.3) is 0 Å². The lowest BCUT2D eigenvalue weighted by atomic mass is 9.99. The lowest BCUT2D eigenvalue weighted by molar-refractivity contribution is -0.141. The smallest absolute Gasteiger partial charge is 0.308 e. The first-order valence-corrected chi connectivity index (χ1v) is 11.4. The van der Waals surface area contributed by atoms with Gasteiger partial charge in [-0.25, -0.2) is 4.98 Å². The van der Waals surface area contributed by atoms with Crippen molar-refractivity contribution in [2.75, 3.05) is 11.9 Å². The van der Waals surface area contributed by atoms with E-state index in [1.807, 2.05) is 42.5 Å². The predicted octanol–water partition coefficient (Wildman–Crippen LogP) is 6.67. The zero-order valence-corrected chi connectivity index (χ0v) is 19.2. The van der Waals surface area contributed by atoms with Crippen LogP contribution in [0.3, 0.4) is 0 Å². The SMILES string of the molecule is CC(C)Cc1sc(NCC(Cc2ccccc2)C(=O)O)nc1-c1ccc(Cl)c(Cl)c1. The van der Waals surface area contributed by atoms with Gasteiger partial charge >= 0.3 is 5.97 Å². The van der Waals surface area contributed by atoms with E-state index in [1.54, 1.807) is 17.4 Å². The van der Waals surface area contributed by atoms with E-state index >= 15 is 0 Å². The van der Waals surface area contributed by atoms with Gasteiger partial charge in [0.15, 0.2) is 5.13 Å². The number of nitrogens with one attached hydrogen (secondary N) is 1. The third kappa shape index (κ3) is 5.97. The average molecular weight is 463 g/mol. The minimum Gasteiger partial charge on any atom is -0.481 e. The average Bonchev–Trinajstić information content (AvgIpc) is 3.09. The van der Waals surface area contributed by atoms with E-state index in [4.69, 9.17) is 28.2 Å². The van der Waals surface area contributed by atoms with E-state index in [2.05, 4.69) is 19.2 Å². The second kappa shape index (κ2) is 10.3. The molecule has 1 atom stereocenters. The third-order valence-electron chi connectivity index (χ3n) is 4.66. The second-order valence-corrected chi connectivity index (χ2v) is 9.52. The molecule has 0 radical (unpaired) electrons. The summed E-state index contributed by atoms with van der Waals surface area (Å²) >= 11 is 13.8. The highest BCUT2D eigenvalue weighted by atomic mass is 35.5. The molecule has 4 nitrogen and oxygen atoms in total. The van der Waals surface area contributed by atoms with Gasteiger partial charge in [-0.15, -0.1) is 11.3 Å². The predicted molar refractivity (Wildman–Crippen MR) is 126 cm³/mol. The molecule has 3 aromatic rings. The molecule has 0 fully saturated rings. The summed E-state index contributed by atoms with van der Waals surface area (Å²) in [5, 5.41) is 14.6. The fourth-order valence-corrected chi connectivity index (χ4v) is 4.66. The molecule has 0 saturated carbocycles. The number of rotatable bonds is 9. The summed E-state index contributed by atoms with van der Waals surface area (Å²) in [7, 11) is 0. The molecule has 1 aromatic heterocycles. The maximum absolute atomic E-state index is 11.7. The minimum absolute atomic E-state index is 0.305. The molecule has 0 aliphatic heterocycles. The second-order valence-electron chi connectivity index (χ2n) is 7.62. The molecule has 158 valence electrons. The first-order valence-electron chi connectivity index (χ1n) is 9.79. The maximum atomic E-state index is 11.7. The van der Waals surface area contributed by atoms with Gasteiger partial charge in [-0.05, 0) is 36.5 Å². The summed E-state index contributed by atoms with van der Waals surface area (Å²) in [5.41, 5.74) is 2.77. The fourth-order valence-electron chi connectivity index (χ4n) is 3.16. The molecule has 30 heavy (non-hydrogen) atoms. The Morgan fingerprint density at radius 3 is 2.47 bits per heavy atom. The van der Waals surface area contributed by atoms with E-state index in [1.165, 1.54) is 0 Å². The Labute approximate surface area is 190 Å². The van der Waals surface area contributed by atoms with Crippen molar-refractivity contribution in [1.29, 1.82) is 0 Å². The Morgan fingerprint density at radius 2 is 1.83 bits per heavy atom. The van der Waals surface area contributed by atoms with Crippen LogP contribution in [0.25, 0.3) is 11.3 Å². The fraction of sp³-hybridized carbons (Fsp3) is 0.304. The summed E-state index contributed by atoms with van der Waals surface area (Å²) in [6.07, 6.45) is 1.34. The van der Waals surface area contributed by atoms with Gasteiger partial charge in [0.2, 0.25) is 0 Å². The van der Waals surface area contributed by atoms with Crippen molar-refractivity contribution in [1.82, 2.24) is 4.98 Å². The van der Waals surface area contributed by atoms with Crippen molar-refractivity contribution >= 4 is 45.6 Å². The van der Waals surface area contributed by atoms with E-state index in [0.717, 1.165) is 28.1 Å². The Kier molecular flexibility index (Phi) is 7.75. The third-order valence-corrected chi connectivity index (χ3v) is 6.43. The van der Waals surface area contributed by atoms with Crippen LogP contribution < -0.4 is 5.32 Å². The molecular formula is C23H24Cl2N2O2S. The Balaban J connectivity index is 1.80. The van der Waals surface area contributed by atoms with Crippen molar-refractivity contribution in [3.05, 3.63) is 69.0 Å². The summed E-state index contributed by atoms with van der Waals surface area (Å²) in [6, 6.07) is 15.2. The highest BCUT2D eigenvalue weighted by molar-refractivity contribution is 7.16. The van der Waals surface area contributed by atoms with Crippen LogP contribution >= 0.6 is 34.5 Å². The van der Waals surface area contributed by atoms with E-state index in [9.17, 15) is 9.90 Å². The Morgan fingerprint density at radius 1 is 1.10 bits per heavy atom. The Bertz CT molecular complexity index is 1010. The van der Waals surface area contributed by atoms with Crippen molar-refractivity contribution < 1.29 is 9.90 Å². The lowest BCUT2D eigenvalue weighted by Gasteiger charge is -2.13. The highest BCUT2D eigenvalue weighted by Gasteiger charge is 2.20. The largest absolute Gasteiger partial charge is 0.481 e. The van der Waals surface area contributed by atoms with Gasteiger partial charge in [-0.2, -0.15) is 0 Å². The van der Waals surface area contributed by atoms with Gasteiger partial charge in [0.05, 0.1) is 21.7 Å². The summed E-state index contributed by atoms with van der Waals surface area (Å²) in [6.45, 7) is 4.62. The summed E-state index contributed by atoms with van der Waals surface area (Å²) in [4.78, 5) is 17.6. The molecule has 1 heterocycles.